The standard InChI is InChI=1S/C10H9FN2O/c11-7-2-1-6(5-12)9-8(13)3-4-14-10(7)9/h1-2,8H,3-4,13H2/t8-/m0/s1. The van der Waals surface area contributed by atoms with Gasteiger partial charge < -0.3 is 10.5 Å². The summed E-state index contributed by atoms with van der Waals surface area (Å²) in [5, 5.41) is 8.82. The summed E-state index contributed by atoms with van der Waals surface area (Å²) < 4.78 is 18.4. The van der Waals surface area contributed by atoms with Crippen LogP contribution in [0.1, 0.15) is 23.6 Å². The number of nitriles is 1. The van der Waals surface area contributed by atoms with Crippen LogP contribution in [0.25, 0.3) is 0 Å². The Hall–Kier alpha value is -1.60. The van der Waals surface area contributed by atoms with Gasteiger partial charge in [0.05, 0.1) is 18.2 Å². The van der Waals surface area contributed by atoms with Crippen LogP contribution >= 0.6 is 0 Å². The quantitative estimate of drug-likeness (QED) is 0.677. The van der Waals surface area contributed by atoms with Gasteiger partial charge in [-0.25, -0.2) is 4.39 Å². The molecule has 1 aliphatic heterocycles. The SMILES string of the molecule is N#Cc1ccc(F)c2c1[C@@H](N)CCO2. The molecule has 0 aromatic heterocycles. The molecule has 2 rings (SSSR count). The smallest absolute Gasteiger partial charge is 0.165 e. The monoisotopic (exact) mass is 192 g/mol. The van der Waals surface area contributed by atoms with Gasteiger partial charge in [0.15, 0.2) is 11.6 Å². The van der Waals surface area contributed by atoms with E-state index in [2.05, 4.69) is 0 Å². The first-order valence-electron chi connectivity index (χ1n) is 4.35. The Balaban J connectivity index is 2.65. The molecule has 0 bridgehead atoms. The molecular weight excluding hydrogens is 183 g/mol. The summed E-state index contributed by atoms with van der Waals surface area (Å²) in [5.74, 6) is -0.308. The molecule has 72 valence electrons. The van der Waals surface area contributed by atoms with Gasteiger partial charge in [-0.05, 0) is 12.1 Å². The molecule has 1 atom stereocenters. The highest BCUT2D eigenvalue weighted by Crippen LogP contribution is 2.35. The topological polar surface area (TPSA) is 59.0 Å². The average Bonchev–Trinajstić information content (AvgIpc) is 2.20. The molecule has 0 spiro atoms. The zero-order chi connectivity index (χ0) is 10.1. The molecule has 1 aromatic rings. The van der Waals surface area contributed by atoms with E-state index in [4.69, 9.17) is 15.7 Å². The van der Waals surface area contributed by atoms with E-state index in [0.717, 1.165) is 0 Å². The molecule has 1 aliphatic rings. The molecule has 0 saturated carbocycles. The molecule has 3 nitrogen and oxygen atoms in total. The third-order valence-corrected chi connectivity index (χ3v) is 2.31. The third kappa shape index (κ3) is 1.22. The first-order chi connectivity index (χ1) is 6.74. The Bertz CT molecular complexity index is 411. The van der Waals surface area contributed by atoms with Crippen LogP contribution in [-0.2, 0) is 0 Å². The summed E-state index contributed by atoms with van der Waals surface area (Å²) in [6.45, 7) is 0.403. The maximum absolute atomic E-state index is 13.3. The van der Waals surface area contributed by atoms with Gasteiger partial charge in [0.2, 0.25) is 0 Å². The molecule has 1 heterocycles. The minimum Gasteiger partial charge on any atom is -0.490 e. The second-order valence-corrected chi connectivity index (χ2v) is 3.19. The fraction of sp³-hybridized carbons (Fsp3) is 0.300. The lowest BCUT2D eigenvalue weighted by Crippen LogP contribution is -2.22. The van der Waals surface area contributed by atoms with Crippen LogP contribution < -0.4 is 10.5 Å². The van der Waals surface area contributed by atoms with Gasteiger partial charge in [0.1, 0.15) is 0 Å². The van der Waals surface area contributed by atoms with Crippen molar-refractivity contribution in [1.82, 2.24) is 0 Å². The minimum atomic E-state index is -0.450. The molecular formula is C10H9FN2O. The van der Waals surface area contributed by atoms with Crippen LogP contribution in [0.3, 0.4) is 0 Å². The molecule has 4 heteroatoms. The average molecular weight is 192 g/mol. The maximum atomic E-state index is 13.3. The maximum Gasteiger partial charge on any atom is 0.165 e. The first kappa shape index (κ1) is 8.97. The summed E-state index contributed by atoms with van der Waals surface area (Å²) in [7, 11) is 0. The number of hydrogen-bond acceptors (Lipinski definition) is 3. The van der Waals surface area contributed by atoms with E-state index < -0.39 is 5.82 Å². The summed E-state index contributed by atoms with van der Waals surface area (Å²) >= 11 is 0. The minimum absolute atomic E-state index is 0.141. The third-order valence-electron chi connectivity index (χ3n) is 2.31. The van der Waals surface area contributed by atoms with Crippen LogP contribution in [0.15, 0.2) is 12.1 Å². The normalized spacial score (nSPS) is 19.4. The second-order valence-electron chi connectivity index (χ2n) is 3.19. The number of nitrogens with two attached hydrogens (primary N) is 1. The molecule has 0 amide bonds. The van der Waals surface area contributed by atoms with Crippen molar-refractivity contribution in [1.29, 1.82) is 5.26 Å². The number of fused-ring (bicyclic) bond motifs is 1. The van der Waals surface area contributed by atoms with Crippen molar-refractivity contribution in [2.45, 2.75) is 12.5 Å². The Labute approximate surface area is 80.9 Å². The number of benzene rings is 1. The van der Waals surface area contributed by atoms with E-state index in [1.807, 2.05) is 6.07 Å². The number of nitrogens with zero attached hydrogens (tertiary/aromatic N) is 1. The van der Waals surface area contributed by atoms with Crippen LogP contribution in [-0.4, -0.2) is 6.61 Å². The lowest BCUT2D eigenvalue weighted by atomic mass is 9.96. The molecule has 0 saturated heterocycles. The Morgan fingerprint density at radius 2 is 2.36 bits per heavy atom. The molecule has 14 heavy (non-hydrogen) atoms. The lowest BCUT2D eigenvalue weighted by Gasteiger charge is -2.23. The first-order valence-corrected chi connectivity index (χ1v) is 4.35. The van der Waals surface area contributed by atoms with Crippen LogP contribution in [0.5, 0.6) is 5.75 Å². The number of rotatable bonds is 0. The fourth-order valence-electron chi connectivity index (χ4n) is 1.62. The summed E-state index contributed by atoms with van der Waals surface area (Å²) in [6.07, 6.45) is 0.616. The van der Waals surface area contributed by atoms with Gasteiger partial charge in [-0.15, -0.1) is 0 Å². The van der Waals surface area contributed by atoms with Gasteiger partial charge in [-0.1, -0.05) is 0 Å². The molecule has 0 aliphatic carbocycles. The zero-order valence-corrected chi connectivity index (χ0v) is 7.46. The van der Waals surface area contributed by atoms with E-state index >= 15 is 0 Å². The van der Waals surface area contributed by atoms with E-state index in [1.165, 1.54) is 12.1 Å². The highest BCUT2D eigenvalue weighted by molar-refractivity contribution is 5.50. The Morgan fingerprint density at radius 3 is 3.07 bits per heavy atom. The Kier molecular flexibility index (Phi) is 2.10. The summed E-state index contributed by atoms with van der Waals surface area (Å²) in [5.41, 5.74) is 6.69. The van der Waals surface area contributed by atoms with Crippen molar-refractivity contribution in [2.24, 2.45) is 5.73 Å². The van der Waals surface area contributed by atoms with E-state index in [9.17, 15) is 4.39 Å². The van der Waals surface area contributed by atoms with Crippen LogP contribution in [0.4, 0.5) is 4.39 Å². The van der Waals surface area contributed by atoms with Gasteiger partial charge >= 0.3 is 0 Å². The van der Waals surface area contributed by atoms with Crippen molar-refractivity contribution in [2.75, 3.05) is 6.61 Å². The number of halogens is 1. The highest BCUT2D eigenvalue weighted by atomic mass is 19.1. The van der Waals surface area contributed by atoms with E-state index in [1.54, 1.807) is 0 Å². The molecule has 1 aromatic carbocycles. The summed E-state index contributed by atoms with van der Waals surface area (Å²) in [6, 6.07) is 4.35. The van der Waals surface area contributed by atoms with Crippen molar-refractivity contribution in [3.05, 3.63) is 29.1 Å². The van der Waals surface area contributed by atoms with Crippen molar-refractivity contribution >= 4 is 0 Å². The highest BCUT2D eigenvalue weighted by Gasteiger charge is 2.24. The lowest BCUT2D eigenvalue weighted by molar-refractivity contribution is 0.255. The van der Waals surface area contributed by atoms with Crippen LogP contribution in [0, 0.1) is 17.1 Å². The van der Waals surface area contributed by atoms with Gasteiger partial charge in [-0.2, -0.15) is 5.26 Å². The molecule has 2 N–H and O–H groups in total. The van der Waals surface area contributed by atoms with E-state index in [0.29, 0.717) is 24.2 Å². The molecule has 0 radical (unpaired) electrons. The largest absolute Gasteiger partial charge is 0.490 e. The summed E-state index contributed by atoms with van der Waals surface area (Å²) in [4.78, 5) is 0. The number of ether oxygens (including phenoxy) is 1. The fourth-order valence-corrected chi connectivity index (χ4v) is 1.62. The van der Waals surface area contributed by atoms with Gasteiger partial charge in [0.25, 0.3) is 0 Å². The number of hydrogen-bond donors (Lipinski definition) is 1. The van der Waals surface area contributed by atoms with Crippen molar-refractivity contribution in [3.8, 4) is 11.8 Å². The van der Waals surface area contributed by atoms with Crippen LogP contribution in [0.2, 0.25) is 0 Å². The molecule has 0 unspecified atom stereocenters. The predicted octanol–water partition coefficient (Wildman–Crippen LogP) is 1.48. The van der Waals surface area contributed by atoms with E-state index in [-0.39, 0.29) is 11.8 Å². The second kappa shape index (κ2) is 3.28. The van der Waals surface area contributed by atoms with Crippen molar-refractivity contribution < 1.29 is 9.13 Å². The van der Waals surface area contributed by atoms with Crippen molar-refractivity contribution in [3.63, 3.8) is 0 Å². The predicted molar refractivity (Wildman–Crippen MR) is 48.2 cm³/mol. The van der Waals surface area contributed by atoms with Gasteiger partial charge in [0, 0.05) is 18.0 Å². The zero-order valence-electron chi connectivity index (χ0n) is 7.46. The Morgan fingerprint density at radius 1 is 1.57 bits per heavy atom. The molecule has 0 fully saturated rings. The van der Waals surface area contributed by atoms with Gasteiger partial charge in [-0.3, -0.25) is 0 Å².